The van der Waals surface area contributed by atoms with Crippen molar-refractivity contribution >= 4 is 25.6 Å². The van der Waals surface area contributed by atoms with Gasteiger partial charge in [-0.15, -0.1) is 0 Å². The van der Waals surface area contributed by atoms with E-state index in [2.05, 4.69) is 0 Å². The van der Waals surface area contributed by atoms with Crippen molar-refractivity contribution in [1.82, 2.24) is 0 Å². The number of aromatic carboxylic acids is 1. The molecular weight excluding hydrogens is 311 g/mol. The van der Waals surface area contributed by atoms with Crippen molar-refractivity contribution in [3.8, 4) is 0 Å². The normalized spacial score (nSPS) is 21.8. The lowest BCUT2D eigenvalue weighted by Crippen LogP contribution is -2.24. The van der Waals surface area contributed by atoms with Gasteiger partial charge in [0.1, 0.15) is 10.7 Å². The van der Waals surface area contributed by atoms with Gasteiger partial charge < -0.3 is 5.11 Å². The molecule has 6 nitrogen and oxygen atoms in total. The van der Waals surface area contributed by atoms with Crippen LogP contribution < -0.4 is 0 Å². The maximum Gasteiger partial charge on any atom is 0.335 e. The highest BCUT2D eigenvalue weighted by Crippen LogP contribution is 2.27. The smallest absolute Gasteiger partial charge is 0.335 e. The van der Waals surface area contributed by atoms with Crippen LogP contribution in [0.5, 0.6) is 0 Å². The molecule has 1 saturated heterocycles. The monoisotopic (exact) mass is 322 g/mol. The standard InChI is InChI=1S/C11H11FO6S2/c12-9-2-1-7(11(13)14)5-10(9)20(17,18)8-3-4-19(15,16)6-8/h1-2,5,8H,3-4,6H2,(H,13,14). The van der Waals surface area contributed by atoms with E-state index >= 15 is 0 Å². The summed E-state index contributed by atoms with van der Waals surface area (Å²) in [5.74, 6) is -3.30. The average molecular weight is 322 g/mol. The molecule has 0 saturated carbocycles. The maximum atomic E-state index is 13.7. The SMILES string of the molecule is O=C(O)c1ccc(F)c(S(=O)(=O)C2CCS(=O)(=O)C2)c1. The third-order valence-corrected chi connectivity index (χ3v) is 7.30. The fourth-order valence-corrected chi connectivity index (χ4v) is 6.49. The van der Waals surface area contributed by atoms with Crippen molar-refractivity contribution in [1.29, 1.82) is 0 Å². The number of rotatable bonds is 3. The largest absolute Gasteiger partial charge is 0.478 e. The van der Waals surface area contributed by atoms with E-state index in [1.165, 1.54) is 0 Å². The topological polar surface area (TPSA) is 106 Å². The van der Waals surface area contributed by atoms with Gasteiger partial charge in [0.05, 0.1) is 22.3 Å². The minimum Gasteiger partial charge on any atom is -0.478 e. The van der Waals surface area contributed by atoms with Gasteiger partial charge in [-0.05, 0) is 24.6 Å². The van der Waals surface area contributed by atoms with Crippen molar-refractivity contribution in [2.24, 2.45) is 0 Å². The van der Waals surface area contributed by atoms with Crippen LogP contribution in [0.1, 0.15) is 16.8 Å². The van der Waals surface area contributed by atoms with Crippen molar-refractivity contribution in [3.05, 3.63) is 29.6 Å². The number of carboxylic acid groups (broad SMARTS) is 1. The first kappa shape index (κ1) is 14.9. The molecule has 1 aliphatic heterocycles. The third-order valence-electron chi connectivity index (χ3n) is 3.11. The molecule has 110 valence electrons. The molecule has 0 aliphatic carbocycles. The van der Waals surface area contributed by atoms with Crippen LogP contribution in [0, 0.1) is 5.82 Å². The average Bonchev–Trinajstić information content (AvgIpc) is 2.70. The molecule has 0 radical (unpaired) electrons. The summed E-state index contributed by atoms with van der Waals surface area (Å²) in [6.45, 7) is 0. The van der Waals surface area contributed by atoms with Crippen LogP contribution in [-0.2, 0) is 19.7 Å². The molecule has 1 aromatic rings. The highest BCUT2D eigenvalue weighted by atomic mass is 32.2. The third kappa shape index (κ3) is 2.68. The molecule has 1 aromatic carbocycles. The van der Waals surface area contributed by atoms with Crippen molar-refractivity contribution in [2.45, 2.75) is 16.6 Å². The Morgan fingerprint density at radius 1 is 1.35 bits per heavy atom. The van der Waals surface area contributed by atoms with Crippen molar-refractivity contribution in [3.63, 3.8) is 0 Å². The van der Waals surface area contributed by atoms with Crippen molar-refractivity contribution < 1.29 is 31.1 Å². The Bertz CT molecular complexity index is 766. The van der Waals surface area contributed by atoms with Crippen LogP contribution >= 0.6 is 0 Å². The molecule has 0 bridgehead atoms. The second-order valence-electron chi connectivity index (χ2n) is 4.52. The molecule has 20 heavy (non-hydrogen) atoms. The van der Waals surface area contributed by atoms with Gasteiger partial charge in [-0.25, -0.2) is 26.0 Å². The summed E-state index contributed by atoms with van der Waals surface area (Å²) in [7, 11) is -7.66. The summed E-state index contributed by atoms with van der Waals surface area (Å²) in [5, 5.41) is 7.57. The first-order valence-electron chi connectivity index (χ1n) is 5.61. The Morgan fingerprint density at radius 2 is 2.00 bits per heavy atom. The number of sulfone groups is 2. The minimum atomic E-state index is -4.21. The quantitative estimate of drug-likeness (QED) is 0.868. The summed E-state index contributed by atoms with van der Waals surface area (Å²) >= 11 is 0. The Labute approximate surface area is 115 Å². The Kier molecular flexibility index (Phi) is 3.59. The molecule has 1 aliphatic rings. The van der Waals surface area contributed by atoms with E-state index in [-0.39, 0.29) is 17.7 Å². The Morgan fingerprint density at radius 3 is 2.50 bits per heavy atom. The lowest BCUT2D eigenvalue weighted by molar-refractivity contribution is 0.0696. The van der Waals surface area contributed by atoms with E-state index in [9.17, 15) is 26.0 Å². The first-order valence-corrected chi connectivity index (χ1v) is 8.97. The number of halogens is 1. The second-order valence-corrected chi connectivity index (χ2v) is 8.95. The fourth-order valence-electron chi connectivity index (χ4n) is 2.04. The second kappa shape index (κ2) is 4.81. The van der Waals surface area contributed by atoms with E-state index in [0.717, 1.165) is 18.2 Å². The summed E-state index contributed by atoms with van der Waals surface area (Å²) in [6, 6.07) is 2.42. The lowest BCUT2D eigenvalue weighted by Gasteiger charge is -2.11. The maximum absolute atomic E-state index is 13.7. The molecule has 0 spiro atoms. The number of carboxylic acids is 1. The van der Waals surface area contributed by atoms with Gasteiger partial charge in [0.25, 0.3) is 0 Å². The fraction of sp³-hybridized carbons (Fsp3) is 0.364. The number of benzene rings is 1. The molecule has 1 atom stereocenters. The zero-order valence-corrected chi connectivity index (χ0v) is 11.7. The van der Waals surface area contributed by atoms with Gasteiger partial charge in [-0.2, -0.15) is 0 Å². The molecule has 1 fully saturated rings. The number of carbonyl (C=O) groups is 1. The van der Waals surface area contributed by atoms with Crippen molar-refractivity contribution in [2.75, 3.05) is 11.5 Å². The predicted octanol–water partition coefficient (Wildman–Crippen LogP) is 0.485. The van der Waals surface area contributed by atoms with E-state index < -0.39 is 47.4 Å². The zero-order valence-electron chi connectivity index (χ0n) is 10.1. The van der Waals surface area contributed by atoms with Crippen LogP contribution in [0.15, 0.2) is 23.1 Å². The van der Waals surface area contributed by atoms with Gasteiger partial charge in [0, 0.05) is 0 Å². The summed E-state index contributed by atoms with van der Waals surface area (Å²) in [5.41, 5.74) is -0.370. The molecule has 0 amide bonds. The van der Waals surface area contributed by atoms with Crippen LogP contribution in [0.2, 0.25) is 0 Å². The number of hydrogen-bond donors (Lipinski definition) is 1. The van der Waals surface area contributed by atoms with E-state index in [4.69, 9.17) is 5.11 Å². The Balaban J connectivity index is 2.50. The summed E-state index contributed by atoms with van der Waals surface area (Å²) < 4.78 is 60.7. The highest BCUT2D eigenvalue weighted by molar-refractivity contribution is 7.96. The van der Waals surface area contributed by atoms with E-state index in [1.807, 2.05) is 0 Å². The van der Waals surface area contributed by atoms with Gasteiger partial charge in [-0.1, -0.05) is 0 Å². The van der Waals surface area contributed by atoms with E-state index in [1.54, 1.807) is 0 Å². The summed E-state index contributed by atoms with van der Waals surface area (Å²) in [6.07, 6.45) is -0.110. The van der Waals surface area contributed by atoms with E-state index in [0.29, 0.717) is 0 Å². The van der Waals surface area contributed by atoms with Crippen LogP contribution in [0.3, 0.4) is 0 Å². The van der Waals surface area contributed by atoms with Crippen LogP contribution in [0.25, 0.3) is 0 Å². The molecule has 9 heteroatoms. The molecule has 1 N–H and O–H groups in total. The molecule has 2 rings (SSSR count). The Hall–Kier alpha value is -1.48. The first-order chi connectivity index (χ1) is 9.13. The lowest BCUT2D eigenvalue weighted by atomic mass is 10.2. The zero-order chi connectivity index (χ0) is 15.1. The minimum absolute atomic E-state index is 0.110. The predicted molar refractivity (Wildman–Crippen MR) is 67.6 cm³/mol. The molecule has 1 heterocycles. The number of hydrogen-bond acceptors (Lipinski definition) is 5. The summed E-state index contributed by atoms with van der Waals surface area (Å²) in [4.78, 5) is 10.0. The van der Waals surface area contributed by atoms with Crippen LogP contribution in [-0.4, -0.2) is 44.7 Å². The molecular formula is C11H11FO6S2. The molecule has 0 aromatic heterocycles. The van der Waals surface area contributed by atoms with Gasteiger partial charge in [-0.3, -0.25) is 0 Å². The van der Waals surface area contributed by atoms with Crippen LogP contribution in [0.4, 0.5) is 4.39 Å². The van der Waals surface area contributed by atoms with Gasteiger partial charge in [0.2, 0.25) is 0 Å². The highest BCUT2D eigenvalue weighted by Gasteiger charge is 2.39. The molecule has 1 unspecified atom stereocenters. The van der Waals surface area contributed by atoms with Gasteiger partial charge in [0.15, 0.2) is 19.7 Å². The van der Waals surface area contributed by atoms with Gasteiger partial charge >= 0.3 is 5.97 Å².